The molecule has 1 aromatic rings. The third-order valence-corrected chi connectivity index (χ3v) is 4.28. The van der Waals surface area contributed by atoms with E-state index in [1.54, 1.807) is 0 Å². The normalized spacial score (nSPS) is 17.7. The SMILES string of the molecule is Cc1ccc(CCC(=O)NC2(CO)CCCCC2)cc1. The molecule has 0 saturated heterocycles. The smallest absolute Gasteiger partial charge is 0.220 e. The van der Waals surface area contributed by atoms with Crippen molar-refractivity contribution < 1.29 is 9.90 Å². The number of aryl methyl sites for hydroxylation is 2. The van der Waals surface area contributed by atoms with Crippen molar-refractivity contribution >= 4 is 5.91 Å². The zero-order chi connectivity index (χ0) is 14.4. The van der Waals surface area contributed by atoms with E-state index in [0.717, 1.165) is 32.1 Å². The van der Waals surface area contributed by atoms with Gasteiger partial charge in [-0.1, -0.05) is 49.1 Å². The quantitative estimate of drug-likeness (QED) is 0.868. The number of benzene rings is 1. The van der Waals surface area contributed by atoms with Crippen LogP contribution < -0.4 is 5.32 Å². The summed E-state index contributed by atoms with van der Waals surface area (Å²) in [6.45, 7) is 2.12. The van der Waals surface area contributed by atoms with Crippen molar-refractivity contribution in [1.82, 2.24) is 5.32 Å². The average Bonchev–Trinajstić information content (AvgIpc) is 2.47. The summed E-state index contributed by atoms with van der Waals surface area (Å²) in [6, 6.07) is 8.29. The first-order valence-electron chi connectivity index (χ1n) is 7.61. The summed E-state index contributed by atoms with van der Waals surface area (Å²) in [4.78, 5) is 12.1. The first kappa shape index (κ1) is 15.0. The Balaban J connectivity index is 1.83. The number of nitrogens with one attached hydrogen (secondary N) is 1. The Morgan fingerprint density at radius 1 is 1.20 bits per heavy atom. The highest BCUT2D eigenvalue weighted by Crippen LogP contribution is 2.27. The number of aliphatic hydroxyl groups is 1. The number of hydrogen-bond acceptors (Lipinski definition) is 2. The molecule has 0 bridgehead atoms. The van der Waals surface area contributed by atoms with Crippen molar-refractivity contribution in [2.24, 2.45) is 0 Å². The van der Waals surface area contributed by atoms with Crippen LogP contribution in [0.2, 0.25) is 0 Å². The van der Waals surface area contributed by atoms with Crippen molar-refractivity contribution in [3.63, 3.8) is 0 Å². The lowest BCUT2D eigenvalue weighted by Crippen LogP contribution is -2.52. The van der Waals surface area contributed by atoms with E-state index in [1.165, 1.54) is 17.5 Å². The fourth-order valence-corrected chi connectivity index (χ4v) is 2.92. The van der Waals surface area contributed by atoms with Crippen molar-refractivity contribution in [2.45, 2.75) is 57.4 Å². The second kappa shape index (κ2) is 6.89. The van der Waals surface area contributed by atoms with Crippen LogP contribution in [0.3, 0.4) is 0 Å². The molecule has 0 aromatic heterocycles. The van der Waals surface area contributed by atoms with Crippen LogP contribution >= 0.6 is 0 Å². The van der Waals surface area contributed by atoms with Gasteiger partial charge in [0.25, 0.3) is 0 Å². The summed E-state index contributed by atoms with van der Waals surface area (Å²) >= 11 is 0. The first-order chi connectivity index (χ1) is 9.63. The average molecular weight is 275 g/mol. The van der Waals surface area contributed by atoms with Gasteiger partial charge in [-0.2, -0.15) is 0 Å². The zero-order valence-electron chi connectivity index (χ0n) is 12.3. The Morgan fingerprint density at radius 2 is 1.85 bits per heavy atom. The van der Waals surface area contributed by atoms with Gasteiger partial charge in [0.05, 0.1) is 12.1 Å². The molecule has 20 heavy (non-hydrogen) atoms. The van der Waals surface area contributed by atoms with Crippen LogP contribution in [0, 0.1) is 6.92 Å². The van der Waals surface area contributed by atoms with Crippen LogP contribution in [0.1, 0.15) is 49.7 Å². The largest absolute Gasteiger partial charge is 0.394 e. The number of hydrogen-bond donors (Lipinski definition) is 2. The molecule has 0 spiro atoms. The molecule has 2 rings (SSSR count). The molecule has 0 unspecified atom stereocenters. The van der Waals surface area contributed by atoms with Crippen LogP contribution in [0.4, 0.5) is 0 Å². The molecular weight excluding hydrogens is 250 g/mol. The Labute approximate surface area is 121 Å². The molecule has 1 amide bonds. The molecule has 1 aliphatic rings. The molecule has 0 aliphatic heterocycles. The molecule has 3 heteroatoms. The highest BCUT2D eigenvalue weighted by Gasteiger charge is 2.32. The summed E-state index contributed by atoms with van der Waals surface area (Å²) in [6.07, 6.45) is 6.45. The van der Waals surface area contributed by atoms with E-state index in [4.69, 9.17) is 0 Å². The van der Waals surface area contributed by atoms with Crippen LogP contribution in [0.25, 0.3) is 0 Å². The van der Waals surface area contributed by atoms with Gasteiger partial charge >= 0.3 is 0 Å². The van der Waals surface area contributed by atoms with Crippen molar-refractivity contribution in [3.05, 3.63) is 35.4 Å². The maximum atomic E-state index is 12.1. The van der Waals surface area contributed by atoms with E-state index in [9.17, 15) is 9.90 Å². The molecule has 1 aliphatic carbocycles. The Kier molecular flexibility index (Phi) is 5.18. The minimum Gasteiger partial charge on any atom is -0.394 e. The summed E-state index contributed by atoms with van der Waals surface area (Å²) in [7, 11) is 0. The number of aliphatic hydroxyl groups excluding tert-OH is 1. The van der Waals surface area contributed by atoms with Crippen LogP contribution in [0.5, 0.6) is 0 Å². The third kappa shape index (κ3) is 4.07. The van der Waals surface area contributed by atoms with E-state index < -0.39 is 0 Å². The summed E-state index contributed by atoms with van der Waals surface area (Å²) in [5.74, 6) is 0.0570. The molecule has 1 saturated carbocycles. The van der Waals surface area contributed by atoms with E-state index in [1.807, 2.05) is 0 Å². The van der Waals surface area contributed by atoms with Crippen LogP contribution in [0.15, 0.2) is 24.3 Å². The van der Waals surface area contributed by atoms with Crippen LogP contribution in [-0.2, 0) is 11.2 Å². The van der Waals surface area contributed by atoms with Crippen molar-refractivity contribution in [1.29, 1.82) is 0 Å². The molecular formula is C17H25NO2. The van der Waals surface area contributed by atoms with Gasteiger partial charge in [-0.3, -0.25) is 4.79 Å². The predicted molar refractivity (Wildman–Crippen MR) is 80.5 cm³/mol. The predicted octanol–water partition coefficient (Wildman–Crippen LogP) is 2.74. The molecule has 0 heterocycles. The van der Waals surface area contributed by atoms with E-state index in [2.05, 4.69) is 36.5 Å². The van der Waals surface area contributed by atoms with E-state index >= 15 is 0 Å². The Morgan fingerprint density at radius 3 is 2.45 bits per heavy atom. The van der Waals surface area contributed by atoms with Gasteiger partial charge in [0.1, 0.15) is 0 Å². The summed E-state index contributed by atoms with van der Waals surface area (Å²) in [5, 5.41) is 12.7. The molecule has 2 N–H and O–H groups in total. The van der Waals surface area contributed by atoms with Gasteiger partial charge in [0.15, 0.2) is 0 Å². The third-order valence-electron chi connectivity index (χ3n) is 4.28. The monoisotopic (exact) mass is 275 g/mol. The minimum atomic E-state index is -0.359. The molecule has 1 fully saturated rings. The number of amides is 1. The lowest BCUT2D eigenvalue weighted by atomic mass is 9.82. The molecule has 0 radical (unpaired) electrons. The lowest BCUT2D eigenvalue weighted by Gasteiger charge is -2.36. The fourth-order valence-electron chi connectivity index (χ4n) is 2.92. The summed E-state index contributed by atoms with van der Waals surface area (Å²) < 4.78 is 0. The van der Waals surface area contributed by atoms with Crippen LogP contribution in [-0.4, -0.2) is 23.2 Å². The topological polar surface area (TPSA) is 49.3 Å². The van der Waals surface area contributed by atoms with Crippen molar-refractivity contribution in [2.75, 3.05) is 6.61 Å². The molecule has 3 nitrogen and oxygen atoms in total. The number of carbonyl (C=O) groups is 1. The molecule has 1 aromatic carbocycles. The van der Waals surface area contributed by atoms with E-state index in [0.29, 0.717) is 6.42 Å². The maximum absolute atomic E-state index is 12.1. The van der Waals surface area contributed by atoms with E-state index in [-0.39, 0.29) is 18.1 Å². The van der Waals surface area contributed by atoms with Crippen molar-refractivity contribution in [3.8, 4) is 0 Å². The minimum absolute atomic E-state index is 0.0570. The lowest BCUT2D eigenvalue weighted by molar-refractivity contribution is -0.124. The molecule has 110 valence electrons. The maximum Gasteiger partial charge on any atom is 0.220 e. The van der Waals surface area contributed by atoms with Gasteiger partial charge in [0, 0.05) is 6.42 Å². The fraction of sp³-hybridized carbons (Fsp3) is 0.588. The number of carbonyl (C=O) groups excluding carboxylic acids is 1. The van der Waals surface area contributed by atoms with Gasteiger partial charge in [0.2, 0.25) is 5.91 Å². The first-order valence-corrected chi connectivity index (χ1v) is 7.61. The Hall–Kier alpha value is -1.35. The molecule has 0 atom stereocenters. The highest BCUT2D eigenvalue weighted by atomic mass is 16.3. The second-order valence-electron chi connectivity index (χ2n) is 6.03. The number of rotatable bonds is 5. The van der Waals surface area contributed by atoms with Gasteiger partial charge < -0.3 is 10.4 Å². The highest BCUT2D eigenvalue weighted by molar-refractivity contribution is 5.77. The van der Waals surface area contributed by atoms with Gasteiger partial charge in [-0.25, -0.2) is 0 Å². The zero-order valence-corrected chi connectivity index (χ0v) is 12.3. The standard InChI is InChI=1S/C17H25NO2/c1-14-5-7-15(8-6-14)9-10-16(20)18-17(13-19)11-3-2-4-12-17/h5-8,19H,2-4,9-13H2,1H3,(H,18,20). The summed E-state index contributed by atoms with van der Waals surface area (Å²) in [5.41, 5.74) is 2.06. The van der Waals surface area contributed by atoms with Gasteiger partial charge in [-0.05, 0) is 31.7 Å². The second-order valence-corrected chi connectivity index (χ2v) is 6.03. The van der Waals surface area contributed by atoms with Gasteiger partial charge in [-0.15, -0.1) is 0 Å². The Bertz CT molecular complexity index is 433.